The summed E-state index contributed by atoms with van der Waals surface area (Å²) in [6.07, 6.45) is 0. The molecule has 0 unspecified atom stereocenters. The second-order valence-corrected chi connectivity index (χ2v) is 4.14. The summed E-state index contributed by atoms with van der Waals surface area (Å²) in [6, 6.07) is 4.32. The number of nitrogens with one attached hydrogen (secondary N) is 1. The van der Waals surface area contributed by atoms with Gasteiger partial charge in [-0.2, -0.15) is 0 Å². The van der Waals surface area contributed by atoms with Crippen molar-refractivity contribution in [2.45, 2.75) is 5.75 Å². The van der Waals surface area contributed by atoms with Gasteiger partial charge >= 0.3 is 0 Å². The maximum absolute atomic E-state index is 10.6. The molecule has 0 amide bonds. The first kappa shape index (κ1) is 11.8. The lowest BCUT2D eigenvalue weighted by molar-refractivity contribution is -0.385. The molecule has 0 fully saturated rings. The highest BCUT2D eigenvalue weighted by Crippen LogP contribution is 2.26. The number of nitro benzene ring substituents is 1. The second-order valence-electron chi connectivity index (χ2n) is 2.68. The normalized spacial score (nSPS) is 9.93. The molecule has 0 saturated carbocycles. The van der Waals surface area contributed by atoms with Crippen LogP contribution in [-0.2, 0) is 5.75 Å². The van der Waals surface area contributed by atoms with Crippen molar-refractivity contribution >= 4 is 34.2 Å². The maximum Gasteiger partial charge on any atom is 0.273 e. The monoisotopic (exact) mass is 245 g/mol. The SMILES string of the molecule is N=C(N)SCc1cc(Cl)ccc1[N+](=O)[O-]. The Morgan fingerprint density at radius 1 is 1.67 bits per heavy atom. The standard InChI is InChI=1S/C8H8ClN3O2S/c9-6-1-2-7(12(13)14)5(3-6)4-15-8(10)11/h1-3H,4H2,(H3,10,11). The van der Waals surface area contributed by atoms with Crippen molar-refractivity contribution in [3.05, 3.63) is 38.9 Å². The van der Waals surface area contributed by atoms with Gasteiger partial charge in [-0.05, 0) is 12.1 Å². The third-order valence-corrected chi connectivity index (χ3v) is 2.62. The van der Waals surface area contributed by atoms with E-state index >= 15 is 0 Å². The van der Waals surface area contributed by atoms with Gasteiger partial charge < -0.3 is 5.73 Å². The molecule has 1 rings (SSSR count). The summed E-state index contributed by atoms with van der Waals surface area (Å²) in [6.45, 7) is 0. The first-order valence-electron chi connectivity index (χ1n) is 3.90. The molecular formula is C8H8ClN3O2S. The number of amidine groups is 1. The van der Waals surface area contributed by atoms with Gasteiger partial charge in [-0.15, -0.1) is 0 Å². The number of nitro groups is 1. The Bertz CT molecular complexity index is 411. The Morgan fingerprint density at radius 2 is 2.33 bits per heavy atom. The molecule has 15 heavy (non-hydrogen) atoms. The molecule has 0 aromatic heterocycles. The van der Waals surface area contributed by atoms with Gasteiger partial charge in [0.2, 0.25) is 0 Å². The van der Waals surface area contributed by atoms with Crippen molar-refractivity contribution in [2.24, 2.45) is 5.73 Å². The third kappa shape index (κ3) is 3.41. The molecular weight excluding hydrogens is 238 g/mol. The Balaban J connectivity index is 2.96. The molecule has 0 spiro atoms. The summed E-state index contributed by atoms with van der Waals surface area (Å²) < 4.78 is 0. The van der Waals surface area contributed by atoms with E-state index in [1.807, 2.05) is 0 Å². The summed E-state index contributed by atoms with van der Waals surface area (Å²) in [5, 5.41) is 18.0. The number of hydrogen-bond donors (Lipinski definition) is 2. The predicted molar refractivity (Wildman–Crippen MR) is 61.3 cm³/mol. The topological polar surface area (TPSA) is 93.0 Å². The number of nitrogens with zero attached hydrogens (tertiary/aromatic N) is 1. The van der Waals surface area contributed by atoms with Crippen LogP contribution in [0.15, 0.2) is 18.2 Å². The number of thioether (sulfide) groups is 1. The first-order chi connectivity index (χ1) is 7.00. The van der Waals surface area contributed by atoms with E-state index in [2.05, 4.69) is 0 Å². The quantitative estimate of drug-likeness (QED) is 0.370. The van der Waals surface area contributed by atoms with Gasteiger partial charge in [0.05, 0.1) is 4.92 Å². The average Bonchev–Trinajstić information content (AvgIpc) is 2.14. The first-order valence-corrected chi connectivity index (χ1v) is 5.26. The van der Waals surface area contributed by atoms with Crippen molar-refractivity contribution in [3.8, 4) is 0 Å². The highest BCUT2D eigenvalue weighted by Gasteiger charge is 2.13. The van der Waals surface area contributed by atoms with Crippen LogP contribution in [0.3, 0.4) is 0 Å². The molecule has 80 valence electrons. The van der Waals surface area contributed by atoms with Crippen LogP contribution < -0.4 is 5.73 Å². The van der Waals surface area contributed by atoms with E-state index in [0.29, 0.717) is 10.6 Å². The smallest absolute Gasteiger partial charge is 0.273 e. The fourth-order valence-corrected chi connectivity index (χ4v) is 1.74. The lowest BCUT2D eigenvalue weighted by Crippen LogP contribution is -2.04. The van der Waals surface area contributed by atoms with Gasteiger partial charge in [-0.3, -0.25) is 15.5 Å². The predicted octanol–water partition coefficient (Wildman–Crippen LogP) is 2.37. The number of hydrogen-bond acceptors (Lipinski definition) is 4. The summed E-state index contributed by atoms with van der Waals surface area (Å²) in [4.78, 5) is 10.2. The summed E-state index contributed by atoms with van der Waals surface area (Å²) in [7, 11) is 0. The van der Waals surface area contributed by atoms with Gasteiger partial charge in [-0.25, -0.2) is 0 Å². The van der Waals surface area contributed by atoms with Gasteiger partial charge in [-0.1, -0.05) is 23.4 Å². The van der Waals surface area contributed by atoms with Crippen LogP contribution >= 0.6 is 23.4 Å². The lowest BCUT2D eigenvalue weighted by Gasteiger charge is -2.02. The highest BCUT2D eigenvalue weighted by molar-refractivity contribution is 8.13. The van der Waals surface area contributed by atoms with Gasteiger partial charge in [0, 0.05) is 22.4 Å². The van der Waals surface area contributed by atoms with Crippen LogP contribution in [0.1, 0.15) is 5.56 Å². The van der Waals surface area contributed by atoms with Gasteiger partial charge in [0.25, 0.3) is 5.69 Å². The largest absolute Gasteiger partial charge is 0.379 e. The minimum Gasteiger partial charge on any atom is -0.379 e. The molecule has 0 aliphatic heterocycles. The zero-order chi connectivity index (χ0) is 11.4. The van der Waals surface area contributed by atoms with Crippen LogP contribution in [0.5, 0.6) is 0 Å². The number of benzene rings is 1. The molecule has 1 aromatic carbocycles. The van der Waals surface area contributed by atoms with Gasteiger partial charge in [0.1, 0.15) is 0 Å². The Morgan fingerprint density at radius 3 is 2.87 bits per heavy atom. The minimum atomic E-state index is -0.480. The lowest BCUT2D eigenvalue weighted by atomic mass is 10.2. The van der Waals surface area contributed by atoms with Crippen molar-refractivity contribution in [3.63, 3.8) is 0 Å². The molecule has 0 heterocycles. The van der Waals surface area contributed by atoms with Crippen LogP contribution in [0.4, 0.5) is 5.69 Å². The van der Waals surface area contributed by atoms with Gasteiger partial charge in [0.15, 0.2) is 5.17 Å². The average molecular weight is 246 g/mol. The molecule has 7 heteroatoms. The molecule has 5 nitrogen and oxygen atoms in total. The van der Waals surface area contributed by atoms with E-state index in [9.17, 15) is 10.1 Å². The van der Waals surface area contributed by atoms with E-state index in [-0.39, 0.29) is 16.6 Å². The molecule has 0 atom stereocenters. The van der Waals surface area contributed by atoms with Crippen LogP contribution in [-0.4, -0.2) is 10.1 Å². The number of halogens is 1. The van der Waals surface area contributed by atoms with Crippen molar-refractivity contribution in [2.75, 3.05) is 0 Å². The molecule has 0 aliphatic rings. The second kappa shape index (κ2) is 4.99. The summed E-state index contributed by atoms with van der Waals surface area (Å²) >= 11 is 6.74. The highest BCUT2D eigenvalue weighted by atomic mass is 35.5. The molecule has 0 radical (unpaired) electrons. The zero-order valence-electron chi connectivity index (χ0n) is 7.57. The van der Waals surface area contributed by atoms with Crippen molar-refractivity contribution < 1.29 is 4.92 Å². The van der Waals surface area contributed by atoms with E-state index < -0.39 is 4.92 Å². The Kier molecular flexibility index (Phi) is 3.93. The van der Waals surface area contributed by atoms with E-state index in [1.165, 1.54) is 18.2 Å². The van der Waals surface area contributed by atoms with Crippen LogP contribution in [0, 0.1) is 15.5 Å². The zero-order valence-corrected chi connectivity index (χ0v) is 9.14. The van der Waals surface area contributed by atoms with Crippen LogP contribution in [0.2, 0.25) is 5.02 Å². The third-order valence-electron chi connectivity index (χ3n) is 1.62. The molecule has 0 saturated heterocycles. The molecule has 0 bridgehead atoms. The molecule has 1 aromatic rings. The molecule has 0 aliphatic carbocycles. The van der Waals surface area contributed by atoms with Crippen molar-refractivity contribution in [1.29, 1.82) is 5.41 Å². The van der Waals surface area contributed by atoms with Crippen LogP contribution in [0.25, 0.3) is 0 Å². The maximum atomic E-state index is 10.6. The minimum absolute atomic E-state index is 0.00634. The Labute approximate surface area is 95.3 Å². The summed E-state index contributed by atoms with van der Waals surface area (Å²) in [5.74, 6) is 0.270. The fraction of sp³-hybridized carbons (Fsp3) is 0.125. The number of nitrogens with two attached hydrogens (primary N) is 1. The fourth-order valence-electron chi connectivity index (χ4n) is 1.00. The summed E-state index contributed by atoms with van der Waals surface area (Å²) in [5.41, 5.74) is 5.61. The van der Waals surface area contributed by atoms with E-state index in [4.69, 9.17) is 22.7 Å². The van der Waals surface area contributed by atoms with E-state index in [1.54, 1.807) is 0 Å². The molecule has 3 N–H and O–H groups in total. The van der Waals surface area contributed by atoms with Crippen molar-refractivity contribution in [1.82, 2.24) is 0 Å². The van der Waals surface area contributed by atoms with E-state index in [0.717, 1.165) is 11.8 Å². The Hall–Kier alpha value is -1.27. The number of rotatable bonds is 3.